The van der Waals surface area contributed by atoms with E-state index in [2.05, 4.69) is 19.6 Å². The van der Waals surface area contributed by atoms with Gasteiger partial charge in [0.1, 0.15) is 12.5 Å². The Bertz CT molecular complexity index is 1500. The molecule has 4 aromatic rings. The zero-order chi connectivity index (χ0) is 26.2. The Kier molecular flexibility index (Phi) is 6.87. The third kappa shape index (κ3) is 5.31. The summed E-state index contributed by atoms with van der Waals surface area (Å²) in [4.78, 5) is 27.6. The highest BCUT2D eigenvalue weighted by Crippen LogP contribution is 2.37. The molecule has 0 N–H and O–H groups in total. The Morgan fingerprint density at radius 2 is 1.76 bits per heavy atom. The number of oxazole rings is 1. The molecule has 1 aromatic heterocycles. The van der Waals surface area contributed by atoms with Crippen LogP contribution in [0.1, 0.15) is 33.1 Å². The van der Waals surface area contributed by atoms with Gasteiger partial charge >= 0.3 is 5.76 Å². The van der Waals surface area contributed by atoms with E-state index in [1.807, 2.05) is 36.4 Å². The molecule has 1 aliphatic rings. The van der Waals surface area contributed by atoms with Crippen LogP contribution in [0, 0.1) is 5.82 Å². The number of hydrogen-bond acceptors (Lipinski definition) is 4. The monoisotopic (exact) mass is 518 g/mol. The van der Waals surface area contributed by atoms with Crippen LogP contribution in [0.4, 0.5) is 4.39 Å². The molecule has 1 atom stereocenters. The van der Waals surface area contributed by atoms with E-state index in [0.717, 1.165) is 17.2 Å². The van der Waals surface area contributed by atoms with Gasteiger partial charge in [0.05, 0.1) is 11.6 Å². The van der Waals surface area contributed by atoms with Crippen LogP contribution in [0.25, 0.3) is 11.1 Å². The molecule has 1 aliphatic heterocycles. The van der Waals surface area contributed by atoms with Crippen molar-refractivity contribution < 1.29 is 18.3 Å². The van der Waals surface area contributed by atoms with E-state index < -0.39 is 13.8 Å². The normalized spacial score (nSPS) is 15.5. The van der Waals surface area contributed by atoms with Crippen molar-refractivity contribution in [3.05, 3.63) is 105 Å². The number of carbonyl (C=O) groups excluding carboxylic acids is 1. The van der Waals surface area contributed by atoms with Crippen molar-refractivity contribution in [2.75, 3.05) is 6.61 Å². The van der Waals surface area contributed by atoms with Gasteiger partial charge in [0.25, 0.3) is 5.91 Å². The number of carbonyl (C=O) groups is 1. The second-order valence-corrected chi connectivity index (χ2v) is 16.4. The van der Waals surface area contributed by atoms with Crippen molar-refractivity contribution >= 4 is 25.1 Å². The standard InChI is InChI=1S/C29H31FN2O4Si/c1-37(2,3)15-14-35-19-32-25-13-12-20(16-27(25)36-29(32)34)18-31-26(17-21-8-4-7-11-24(21)30)22-9-5-6-10-23(22)28(31)33/h4-13,16,26H,14-15,17-19H2,1-3H3. The molecule has 0 spiro atoms. The van der Waals surface area contributed by atoms with Crippen molar-refractivity contribution in [2.24, 2.45) is 0 Å². The smallest absolute Gasteiger partial charge is 0.408 e. The van der Waals surface area contributed by atoms with E-state index in [1.54, 1.807) is 29.2 Å². The van der Waals surface area contributed by atoms with Gasteiger partial charge in [0.15, 0.2) is 5.58 Å². The number of ether oxygens (including phenoxy) is 1. The lowest BCUT2D eigenvalue weighted by Gasteiger charge is -2.26. The number of nitrogens with zero attached hydrogens (tertiary/aromatic N) is 2. The molecule has 0 bridgehead atoms. The Labute approximate surface area is 216 Å². The molecule has 1 unspecified atom stereocenters. The van der Waals surface area contributed by atoms with Gasteiger partial charge in [-0.25, -0.2) is 13.8 Å². The quantitative estimate of drug-likeness (QED) is 0.202. The first-order chi connectivity index (χ1) is 17.7. The summed E-state index contributed by atoms with van der Waals surface area (Å²) in [6.07, 6.45) is 0.373. The van der Waals surface area contributed by atoms with Crippen LogP contribution in [0.5, 0.6) is 0 Å². The van der Waals surface area contributed by atoms with Crippen molar-refractivity contribution in [2.45, 2.75) is 51.4 Å². The maximum atomic E-state index is 14.5. The van der Waals surface area contributed by atoms with E-state index in [1.165, 1.54) is 10.6 Å². The molecule has 8 heteroatoms. The van der Waals surface area contributed by atoms with E-state index in [9.17, 15) is 14.0 Å². The van der Waals surface area contributed by atoms with E-state index in [4.69, 9.17) is 9.15 Å². The van der Waals surface area contributed by atoms with Crippen LogP contribution in [-0.4, -0.2) is 30.1 Å². The second-order valence-electron chi connectivity index (χ2n) is 10.8. The average Bonchev–Trinajstić information content (AvgIpc) is 3.31. The van der Waals surface area contributed by atoms with Gasteiger partial charge in [0.2, 0.25) is 0 Å². The predicted octanol–water partition coefficient (Wildman–Crippen LogP) is 5.99. The summed E-state index contributed by atoms with van der Waals surface area (Å²) in [5, 5.41) is 0. The molecule has 0 aliphatic carbocycles. The number of halogens is 1. The number of aromatic nitrogens is 1. The third-order valence-corrected chi connectivity index (χ3v) is 8.56. The second kappa shape index (κ2) is 10.1. The summed E-state index contributed by atoms with van der Waals surface area (Å²) in [6, 6.07) is 20.4. The molecule has 5 rings (SSSR count). The third-order valence-electron chi connectivity index (χ3n) is 6.86. The first-order valence-corrected chi connectivity index (χ1v) is 16.3. The lowest BCUT2D eigenvalue weighted by molar-refractivity contribution is 0.0708. The first-order valence-electron chi connectivity index (χ1n) is 12.5. The van der Waals surface area contributed by atoms with Crippen LogP contribution in [0.3, 0.4) is 0 Å². The number of hydrogen-bond donors (Lipinski definition) is 0. The number of amides is 1. The van der Waals surface area contributed by atoms with Crippen molar-refractivity contribution in [1.82, 2.24) is 9.47 Å². The number of rotatable bonds is 9. The molecular formula is C29H31FN2O4Si. The topological polar surface area (TPSA) is 64.7 Å². The highest BCUT2D eigenvalue weighted by molar-refractivity contribution is 6.76. The Morgan fingerprint density at radius 1 is 1.00 bits per heavy atom. The van der Waals surface area contributed by atoms with E-state index in [0.29, 0.717) is 41.8 Å². The molecule has 1 amide bonds. The van der Waals surface area contributed by atoms with Crippen LogP contribution < -0.4 is 5.76 Å². The summed E-state index contributed by atoms with van der Waals surface area (Å²) in [5.74, 6) is -0.843. The van der Waals surface area contributed by atoms with Crippen LogP contribution in [0.15, 0.2) is 75.9 Å². The zero-order valence-electron chi connectivity index (χ0n) is 21.4. The number of benzene rings is 3. The van der Waals surface area contributed by atoms with Gasteiger partial charge in [-0.15, -0.1) is 0 Å². The summed E-state index contributed by atoms with van der Waals surface area (Å²) >= 11 is 0. The van der Waals surface area contributed by atoms with Gasteiger partial charge in [-0.2, -0.15) is 0 Å². The molecule has 3 aromatic carbocycles. The Balaban J connectivity index is 1.38. The van der Waals surface area contributed by atoms with Crippen molar-refractivity contribution in [3.8, 4) is 0 Å². The van der Waals surface area contributed by atoms with Crippen LogP contribution in [-0.2, 0) is 24.4 Å². The highest BCUT2D eigenvalue weighted by atomic mass is 28.3. The molecule has 0 saturated heterocycles. The lowest BCUT2D eigenvalue weighted by atomic mass is 9.97. The van der Waals surface area contributed by atoms with E-state index >= 15 is 0 Å². The van der Waals surface area contributed by atoms with Crippen molar-refractivity contribution in [3.63, 3.8) is 0 Å². The Hall–Kier alpha value is -3.49. The summed E-state index contributed by atoms with van der Waals surface area (Å²) in [6.45, 7) is 7.89. The zero-order valence-corrected chi connectivity index (χ0v) is 22.4. The van der Waals surface area contributed by atoms with Gasteiger partial charge in [-0.3, -0.25) is 4.79 Å². The summed E-state index contributed by atoms with van der Waals surface area (Å²) in [7, 11) is -1.22. The van der Waals surface area contributed by atoms with Gasteiger partial charge in [-0.1, -0.05) is 62.1 Å². The maximum absolute atomic E-state index is 14.5. The van der Waals surface area contributed by atoms with Crippen LogP contribution in [0.2, 0.25) is 25.7 Å². The largest absolute Gasteiger partial charge is 0.421 e. The molecule has 0 radical (unpaired) electrons. The summed E-state index contributed by atoms with van der Waals surface area (Å²) in [5.41, 5.74) is 4.03. The average molecular weight is 519 g/mol. The maximum Gasteiger partial charge on any atom is 0.421 e. The van der Waals surface area contributed by atoms with Crippen LogP contribution >= 0.6 is 0 Å². The highest BCUT2D eigenvalue weighted by Gasteiger charge is 2.36. The molecular weight excluding hydrogens is 487 g/mol. The predicted molar refractivity (Wildman–Crippen MR) is 144 cm³/mol. The lowest BCUT2D eigenvalue weighted by Crippen LogP contribution is -2.29. The van der Waals surface area contributed by atoms with Gasteiger partial charge in [-0.05, 0) is 53.4 Å². The van der Waals surface area contributed by atoms with E-state index in [-0.39, 0.29) is 24.5 Å². The molecule has 0 saturated carbocycles. The minimum atomic E-state index is -1.22. The number of fused-ring (bicyclic) bond motifs is 2. The van der Waals surface area contributed by atoms with Crippen molar-refractivity contribution in [1.29, 1.82) is 0 Å². The molecule has 192 valence electrons. The minimum absolute atomic E-state index is 0.0909. The summed E-state index contributed by atoms with van der Waals surface area (Å²) < 4.78 is 27.3. The fraction of sp³-hybridized carbons (Fsp3) is 0.310. The molecule has 6 nitrogen and oxygen atoms in total. The fourth-order valence-corrected chi connectivity index (χ4v) is 5.54. The minimum Gasteiger partial charge on any atom is -0.408 e. The first kappa shape index (κ1) is 25.2. The van der Waals surface area contributed by atoms with Gasteiger partial charge in [0, 0.05) is 26.8 Å². The SMILES string of the molecule is C[Si](C)(C)CCOCn1c(=O)oc2cc(CN3C(=O)c4ccccc4C3Cc3ccccc3F)ccc21. The Morgan fingerprint density at radius 3 is 2.54 bits per heavy atom. The molecule has 0 fully saturated rings. The molecule has 2 heterocycles. The van der Waals surface area contributed by atoms with Gasteiger partial charge < -0.3 is 14.1 Å². The fourth-order valence-electron chi connectivity index (χ4n) is 4.78. The molecule has 37 heavy (non-hydrogen) atoms.